The minimum Gasteiger partial charge on any atom is -0.496 e. The molecule has 0 unspecified atom stereocenters. The van der Waals surface area contributed by atoms with Crippen LogP contribution in [-0.2, 0) is 0 Å². The first-order chi connectivity index (χ1) is 7.76. The van der Waals surface area contributed by atoms with E-state index < -0.39 is 0 Å². The van der Waals surface area contributed by atoms with Gasteiger partial charge in [0.15, 0.2) is 5.15 Å². The van der Waals surface area contributed by atoms with E-state index in [-0.39, 0.29) is 5.15 Å². The van der Waals surface area contributed by atoms with Gasteiger partial charge in [-0.05, 0) is 12.1 Å². The zero-order chi connectivity index (χ0) is 11.5. The van der Waals surface area contributed by atoms with Crippen LogP contribution in [0.3, 0.4) is 0 Å². The maximum Gasteiger partial charge on any atom is 0.158 e. The molecule has 0 N–H and O–H groups in total. The Labute approximate surface area is 102 Å². The van der Waals surface area contributed by atoms with E-state index in [1.807, 2.05) is 30.3 Å². The fraction of sp³-hybridized carbons (Fsp3) is 0.0909. The first-order valence-corrected chi connectivity index (χ1v) is 5.65. The van der Waals surface area contributed by atoms with E-state index in [4.69, 9.17) is 21.6 Å². The standard InChI is InChI=1S/C11H7ClN2OS/c1-15-8-5-3-2-4-7(8)11-14-10(12)9(6-13)16-11/h2-5H,1H3. The third-order valence-corrected chi connectivity index (χ3v) is 3.40. The molecule has 0 fully saturated rings. The van der Waals surface area contributed by atoms with Crippen molar-refractivity contribution in [1.29, 1.82) is 5.26 Å². The number of nitrogens with zero attached hydrogens (tertiary/aromatic N) is 2. The van der Waals surface area contributed by atoms with Gasteiger partial charge in [0.1, 0.15) is 21.7 Å². The highest BCUT2D eigenvalue weighted by molar-refractivity contribution is 7.16. The van der Waals surface area contributed by atoms with Crippen LogP contribution in [0.4, 0.5) is 0 Å². The zero-order valence-electron chi connectivity index (χ0n) is 8.40. The Morgan fingerprint density at radius 1 is 1.44 bits per heavy atom. The van der Waals surface area contributed by atoms with E-state index in [9.17, 15) is 0 Å². The van der Waals surface area contributed by atoms with Gasteiger partial charge in [0.25, 0.3) is 0 Å². The molecule has 0 saturated heterocycles. The molecule has 5 heteroatoms. The van der Waals surface area contributed by atoms with Crippen LogP contribution < -0.4 is 4.74 Å². The van der Waals surface area contributed by atoms with E-state index >= 15 is 0 Å². The summed E-state index contributed by atoms with van der Waals surface area (Å²) in [5, 5.41) is 9.75. The first-order valence-electron chi connectivity index (χ1n) is 4.46. The second-order valence-electron chi connectivity index (χ2n) is 2.95. The first kappa shape index (κ1) is 10.9. The lowest BCUT2D eigenvalue weighted by atomic mass is 10.2. The van der Waals surface area contributed by atoms with Crippen LogP contribution in [0.2, 0.25) is 5.15 Å². The van der Waals surface area contributed by atoms with Gasteiger partial charge < -0.3 is 4.74 Å². The molecule has 0 aliphatic heterocycles. The molecule has 1 heterocycles. The SMILES string of the molecule is COc1ccccc1-c1nc(Cl)c(C#N)s1. The molecule has 0 radical (unpaired) electrons. The summed E-state index contributed by atoms with van der Waals surface area (Å²) in [6.45, 7) is 0. The molecule has 16 heavy (non-hydrogen) atoms. The van der Waals surface area contributed by atoms with Crippen LogP contribution in [0.1, 0.15) is 4.88 Å². The summed E-state index contributed by atoms with van der Waals surface area (Å²) in [5.74, 6) is 0.720. The second kappa shape index (κ2) is 4.52. The van der Waals surface area contributed by atoms with Crippen LogP contribution >= 0.6 is 22.9 Å². The largest absolute Gasteiger partial charge is 0.496 e. The topological polar surface area (TPSA) is 45.9 Å². The molecule has 1 aromatic carbocycles. The minimum atomic E-state index is 0.244. The Morgan fingerprint density at radius 3 is 2.81 bits per heavy atom. The summed E-state index contributed by atoms with van der Waals surface area (Å²) in [6.07, 6.45) is 0. The Balaban J connectivity index is 2.55. The molecule has 3 nitrogen and oxygen atoms in total. The van der Waals surface area contributed by atoms with Gasteiger partial charge in [-0.2, -0.15) is 5.26 Å². The summed E-state index contributed by atoms with van der Waals surface area (Å²) < 4.78 is 5.22. The number of thiazole rings is 1. The lowest BCUT2D eigenvalue weighted by molar-refractivity contribution is 0.416. The van der Waals surface area contributed by atoms with Crippen molar-refractivity contribution in [2.45, 2.75) is 0 Å². The number of hydrogen-bond acceptors (Lipinski definition) is 4. The van der Waals surface area contributed by atoms with Crippen molar-refractivity contribution in [1.82, 2.24) is 4.98 Å². The van der Waals surface area contributed by atoms with Gasteiger partial charge in [0.05, 0.1) is 12.7 Å². The van der Waals surface area contributed by atoms with Crippen molar-refractivity contribution < 1.29 is 4.74 Å². The summed E-state index contributed by atoms with van der Waals surface area (Å²) in [4.78, 5) is 4.56. The zero-order valence-corrected chi connectivity index (χ0v) is 9.97. The lowest BCUT2D eigenvalue weighted by Crippen LogP contribution is -1.86. The molecule has 0 spiro atoms. The normalized spacial score (nSPS) is 9.81. The molecule has 0 saturated carbocycles. The summed E-state index contributed by atoms with van der Waals surface area (Å²) >= 11 is 7.08. The van der Waals surface area contributed by atoms with Crippen LogP contribution in [0, 0.1) is 11.3 Å². The fourth-order valence-corrected chi connectivity index (χ4v) is 2.38. The molecule has 0 bridgehead atoms. The minimum absolute atomic E-state index is 0.244. The number of aromatic nitrogens is 1. The number of rotatable bonds is 2. The highest BCUT2D eigenvalue weighted by atomic mass is 35.5. The molecule has 0 aliphatic rings. The average molecular weight is 251 g/mol. The van der Waals surface area contributed by atoms with Crippen molar-refractivity contribution in [3.63, 3.8) is 0 Å². The molecule has 2 aromatic rings. The molecule has 0 aliphatic carbocycles. The number of nitriles is 1. The van der Waals surface area contributed by atoms with Crippen LogP contribution in [0.15, 0.2) is 24.3 Å². The third kappa shape index (κ3) is 1.87. The molecule has 2 rings (SSSR count). The predicted molar refractivity (Wildman–Crippen MR) is 63.8 cm³/mol. The maximum absolute atomic E-state index is 8.81. The van der Waals surface area contributed by atoms with Gasteiger partial charge in [-0.3, -0.25) is 0 Å². The highest BCUT2D eigenvalue weighted by Gasteiger charge is 2.13. The summed E-state index contributed by atoms with van der Waals surface area (Å²) in [7, 11) is 1.60. The van der Waals surface area contributed by atoms with Crippen molar-refractivity contribution >= 4 is 22.9 Å². The van der Waals surface area contributed by atoms with Gasteiger partial charge in [0.2, 0.25) is 0 Å². The third-order valence-electron chi connectivity index (χ3n) is 2.02. The Bertz CT molecular complexity index is 559. The van der Waals surface area contributed by atoms with Gasteiger partial charge in [-0.25, -0.2) is 4.98 Å². The molecule has 0 atom stereocenters. The van der Waals surface area contributed by atoms with Gasteiger partial charge in [-0.15, -0.1) is 11.3 Å². The van der Waals surface area contributed by atoms with Crippen LogP contribution in [-0.4, -0.2) is 12.1 Å². The number of benzene rings is 1. The monoisotopic (exact) mass is 250 g/mol. The quantitative estimate of drug-likeness (QED) is 0.821. The van der Waals surface area contributed by atoms with Gasteiger partial charge in [-0.1, -0.05) is 23.7 Å². The van der Waals surface area contributed by atoms with E-state index in [2.05, 4.69) is 4.98 Å². The molecular formula is C11H7ClN2OS. The van der Waals surface area contributed by atoms with Crippen molar-refractivity contribution in [2.75, 3.05) is 7.11 Å². The van der Waals surface area contributed by atoms with Crippen molar-refractivity contribution in [3.05, 3.63) is 34.3 Å². The van der Waals surface area contributed by atoms with Crippen molar-refractivity contribution in [2.24, 2.45) is 0 Å². The lowest BCUT2D eigenvalue weighted by Gasteiger charge is -2.04. The number of halogens is 1. The van der Waals surface area contributed by atoms with Crippen LogP contribution in [0.25, 0.3) is 10.6 Å². The van der Waals surface area contributed by atoms with Gasteiger partial charge in [0, 0.05) is 0 Å². The fourth-order valence-electron chi connectivity index (χ4n) is 1.31. The maximum atomic E-state index is 8.81. The van der Waals surface area contributed by atoms with Crippen molar-refractivity contribution in [3.8, 4) is 22.4 Å². The summed E-state index contributed by atoms with van der Waals surface area (Å²) in [5.41, 5.74) is 0.846. The number of hydrogen-bond donors (Lipinski definition) is 0. The Kier molecular flexibility index (Phi) is 3.09. The van der Waals surface area contributed by atoms with E-state index in [1.54, 1.807) is 7.11 Å². The number of methoxy groups -OCH3 is 1. The highest BCUT2D eigenvalue weighted by Crippen LogP contribution is 2.35. The van der Waals surface area contributed by atoms with E-state index in [0.29, 0.717) is 9.88 Å². The van der Waals surface area contributed by atoms with E-state index in [0.717, 1.165) is 11.3 Å². The molecular weight excluding hydrogens is 244 g/mol. The average Bonchev–Trinajstić information content (AvgIpc) is 2.70. The summed E-state index contributed by atoms with van der Waals surface area (Å²) in [6, 6.07) is 9.50. The Hall–Kier alpha value is -1.57. The van der Waals surface area contributed by atoms with Crippen LogP contribution in [0.5, 0.6) is 5.75 Å². The number of ether oxygens (including phenoxy) is 1. The van der Waals surface area contributed by atoms with Gasteiger partial charge >= 0.3 is 0 Å². The molecule has 1 aromatic heterocycles. The molecule has 0 amide bonds. The Morgan fingerprint density at radius 2 is 2.19 bits per heavy atom. The number of para-hydroxylation sites is 1. The van der Waals surface area contributed by atoms with E-state index in [1.165, 1.54) is 11.3 Å². The predicted octanol–water partition coefficient (Wildman–Crippen LogP) is 3.34. The smallest absolute Gasteiger partial charge is 0.158 e. The second-order valence-corrected chi connectivity index (χ2v) is 4.31. The molecule has 80 valence electrons.